The number of anilines is 1. The van der Waals surface area contributed by atoms with Crippen molar-refractivity contribution >= 4 is 39.1 Å². The van der Waals surface area contributed by atoms with Gasteiger partial charge in [0, 0.05) is 16.1 Å². The van der Waals surface area contributed by atoms with Crippen LogP contribution in [0, 0.1) is 5.92 Å². The van der Waals surface area contributed by atoms with Gasteiger partial charge in [0.1, 0.15) is 0 Å². The molecule has 4 heteroatoms. The molecule has 0 aliphatic heterocycles. The third-order valence-corrected chi connectivity index (χ3v) is 3.78. The van der Waals surface area contributed by atoms with Gasteiger partial charge in [0.15, 0.2) is 0 Å². The Hall–Kier alpha value is -0.540. The van der Waals surface area contributed by atoms with Crippen LogP contribution in [0.1, 0.15) is 26.7 Å². The van der Waals surface area contributed by atoms with Crippen LogP contribution in [-0.2, 0) is 4.79 Å². The van der Waals surface area contributed by atoms with E-state index in [2.05, 4.69) is 21.2 Å². The lowest BCUT2D eigenvalue weighted by atomic mass is 10.0. The zero-order chi connectivity index (χ0) is 12.1. The molecule has 1 aromatic rings. The lowest BCUT2D eigenvalue weighted by Crippen LogP contribution is -2.21. The molecule has 0 unspecified atom stereocenters. The van der Waals surface area contributed by atoms with Crippen LogP contribution >= 0.6 is 27.5 Å². The monoisotopic (exact) mass is 303 g/mol. The van der Waals surface area contributed by atoms with Crippen molar-refractivity contribution in [2.24, 2.45) is 5.92 Å². The molecule has 0 aliphatic carbocycles. The first kappa shape index (κ1) is 13.5. The molecule has 16 heavy (non-hydrogen) atoms. The van der Waals surface area contributed by atoms with Crippen molar-refractivity contribution in [3.05, 3.63) is 27.7 Å². The van der Waals surface area contributed by atoms with Crippen molar-refractivity contribution in [2.45, 2.75) is 26.7 Å². The molecule has 0 radical (unpaired) electrons. The molecule has 0 bridgehead atoms. The van der Waals surface area contributed by atoms with E-state index in [1.54, 1.807) is 6.07 Å². The van der Waals surface area contributed by atoms with Gasteiger partial charge in [-0.25, -0.2) is 0 Å². The molecule has 0 saturated carbocycles. The average Bonchev–Trinajstić information content (AvgIpc) is 2.25. The van der Waals surface area contributed by atoms with Crippen LogP contribution in [0.25, 0.3) is 0 Å². The molecule has 0 atom stereocenters. The van der Waals surface area contributed by atoms with Crippen LogP contribution in [0.4, 0.5) is 5.69 Å². The Morgan fingerprint density at radius 3 is 2.56 bits per heavy atom. The van der Waals surface area contributed by atoms with Crippen molar-refractivity contribution in [1.82, 2.24) is 0 Å². The smallest absolute Gasteiger partial charge is 0.227 e. The van der Waals surface area contributed by atoms with Crippen LogP contribution in [0.5, 0.6) is 0 Å². The van der Waals surface area contributed by atoms with Gasteiger partial charge < -0.3 is 5.32 Å². The molecule has 0 aromatic heterocycles. The Kier molecular flexibility index (Phi) is 5.29. The second kappa shape index (κ2) is 6.26. The number of hydrogen-bond acceptors (Lipinski definition) is 1. The molecule has 0 spiro atoms. The molecular formula is C12H15BrClNO. The normalized spacial score (nSPS) is 10.6. The number of carbonyl (C=O) groups excluding carboxylic acids is 1. The van der Waals surface area contributed by atoms with Gasteiger partial charge >= 0.3 is 0 Å². The average molecular weight is 305 g/mol. The highest BCUT2D eigenvalue weighted by Crippen LogP contribution is 2.26. The molecule has 0 heterocycles. The number of carbonyl (C=O) groups is 1. The molecule has 1 aromatic carbocycles. The van der Waals surface area contributed by atoms with Gasteiger partial charge in [0.2, 0.25) is 5.91 Å². The van der Waals surface area contributed by atoms with Gasteiger partial charge in [-0.15, -0.1) is 0 Å². The maximum absolute atomic E-state index is 11.8. The molecule has 1 rings (SSSR count). The van der Waals surface area contributed by atoms with Gasteiger partial charge in [-0.05, 0) is 47.0 Å². The summed E-state index contributed by atoms with van der Waals surface area (Å²) in [5.74, 6) is 0.130. The standard InChI is InChI=1S/C12H15BrClNO/c1-3-8(4-2)12(16)15-9-5-6-10(13)11(14)7-9/h5-8H,3-4H2,1-2H3,(H,15,16). The summed E-state index contributed by atoms with van der Waals surface area (Å²) in [4.78, 5) is 11.8. The number of hydrogen-bond donors (Lipinski definition) is 1. The Labute approximate surface area is 110 Å². The van der Waals surface area contributed by atoms with E-state index in [4.69, 9.17) is 11.6 Å². The number of rotatable bonds is 4. The van der Waals surface area contributed by atoms with E-state index < -0.39 is 0 Å². The predicted molar refractivity (Wildman–Crippen MR) is 71.9 cm³/mol. The number of amides is 1. The highest BCUT2D eigenvalue weighted by atomic mass is 79.9. The highest BCUT2D eigenvalue weighted by Gasteiger charge is 2.14. The lowest BCUT2D eigenvalue weighted by Gasteiger charge is -2.13. The van der Waals surface area contributed by atoms with Crippen molar-refractivity contribution < 1.29 is 4.79 Å². The molecule has 1 amide bonds. The molecule has 0 fully saturated rings. The molecular weight excluding hydrogens is 289 g/mol. The second-order valence-electron chi connectivity index (χ2n) is 3.63. The SMILES string of the molecule is CCC(CC)C(=O)Nc1ccc(Br)c(Cl)c1. The van der Waals surface area contributed by atoms with Crippen molar-refractivity contribution in [3.63, 3.8) is 0 Å². The second-order valence-corrected chi connectivity index (χ2v) is 4.89. The first-order chi connectivity index (χ1) is 7.58. The van der Waals surface area contributed by atoms with E-state index >= 15 is 0 Å². The van der Waals surface area contributed by atoms with Gasteiger partial charge in [-0.1, -0.05) is 25.4 Å². The third kappa shape index (κ3) is 3.49. The Bertz CT molecular complexity index is 377. The molecule has 2 nitrogen and oxygen atoms in total. The fourth-order valence-corrected chi connectivity index (χ4v) is 1.90. The zero-order valence-electron chi connectivity index (χ0n) is 9.39. The minimum absolute atomic E-state index is 0.0587. The van der Waals surface area contributed by atoms with Crippen LogP contribution in [0.3, 0.4) is 0 Å². The number of halogens is 2. The Balaban J connectivity index is 2.73. The first-order valence-electron chi connectivity index (χ1n) is 5.34. The zero-order valence-corrected chi connectivity index (χ0v) is 11.7. The summed E-state index contributed by atoms with van der Waals surface area (Å²) in [7, 11) is 0. The van der Waals surface area contributed by atoms with Gasteiger partial charge in [0.05, 0.1) is 5.02 Å². The molecule has 0 saturated heterocycles. The van der Waals surface area contributed by atoms with Crippen molar-refractivity contribution in [2.75, 3.05) is 5.32 Å². The van der Waals surface area contributed by atoms with Gasteiger partial charge in [-0.2, -0.15) is 0 Å². The fourth-order valence-electron chi connectivity index (χ4n) is 1.48. The van der Waals surface area contributed by atoms with E-state index in [-0.39, 0.29) is 11.8 Å². The lowest BCUT2D eigenvalue weighted by molar-refractivity contribution is -0.120. The maximum Gasteiger partial charge on any atom is 0.227 e. The predicted octanol–water partition coefficient (Wildman–Crippen LogP) is 4.48. The van der Waals surface area contributed by atoms with E-state index in [9.17, 15) is 4.79 Å². The van der Waals surface area contributed by atoms with E-state index in [1.165, 1.54) is 0 Å². The van der Waals surface area contributed by atoms with E-state index in [1.807, 2.05) is 26.0 Å². The minimum atomic E-state index is 0.0587. The summed E-state index contributed by atoms with van der Waals surface area (Å²) in [6.45, 7) is 4.03. The Morgan fingerprint density at radius 2 is 2.06 bits per heavy atom. The van der Waals surface area contributed by atoms with E-state index in [0.29, 0.717) is 5.02 Å². The summed E-state index contributed by atoms with van der Waals surface area (Å²) in [5, 5.41) is 3.47. The molecule has 0 aliphatic rings. The summed E-state index contributed by atoms with van der Waals surface area (Å²) >= 11 is 9.25. The summed E-state index contributed by atoms with van der Waals surface area (Å²) in [6, 6.07) is 5.40. The summed E-state index contributed by atoms with van der Waals surface area (Å²) < 4.78 is 0.828. The van der Waals surface area contributed by atoms with Crippen LogP contribution in [0.2, 0.25) is 5.02 Å². The van der Waals surface area contributed by atoms with Crippen molar-refractivity contribution in [3.8, 4) is 0 Å². The minimum Gasteiger partial charge on any atom is -0.326 e. The van der Waals surface area contributed by atoms with Crippen molar-refractivity contribution in [1.29, 1.82) is 0 Å². The quantitative estimate of drug-likeness (QED) is 0.873. The number of benzene rings is 1. The van der Waals surface area contributed by atoms with Crippen LogP contribution < -0.4 is 5.32 Å². The van der Waals surface area contributed by atoms with Gasteiger partial charge in [0.25, 0.3) is 0 Å². The van der Waals surface area contributed by atoms with Crippen LogP contribution in [0.15, 0.2) is 22.7 Å². The molecule has 1 N–H and O–H groups in total. The van der Waals surface area contributed by atoms with Crippen LogP contribution in [-0.4, -0.2) is 5.91 Å². The number of nitrogens with one attached hydrogen (secondary N) is 1. The summed E-state index contributed by atoms with van der Waals surface area (Å²) in [5.41, 5.74) is 0.741. The first-order valence-corrected chi connectivity index (χ1v) is 6.51. The summed E-state index contributed by atoms with van der Waals surface area (Å²) in [6.07, 6.45) is 1.71. The molecule has 88 valence electrons. The van der Waals surface area contributed by atoms with Gasteiger partial charge in [-0.3, -0.25) is 4.79 Å². The largest absolute Gasteiger partial charge is 0.326 e. The third-order valence-electron chi connectivity index (χ3n) is 2.54. The Morgan fingerprint density at radius 1 is 1.44 bits per heavy atom. The topological polar surface area (TPSA) is 29.1 Å². The maximum atomic E-state index is 11.8. The fraction of sp³-hybridized carbons (Fsp3) is 0.417. The van der Waals surface area contributed by atoms with E-state index in [0.717, 1.165) is 23.0 Å². The highest BCUT2D eigenvalue weighted by molar-refractivity contribution is 9.10.